The number of unbranched alkanes of at least 4 members (excludes halogenated alkanes) is 2. The maximum absolute atomic E-state index is 9.80. The number of piperazine rings is 1. The lowest BCUT2D eigenvalue weighted by molar-refractivity contribution is 0.161. The van der Waals surface area contributed by atoms with Gasteiger partial charge in [-0.15, -0.1) is 24.8 Å². The third-order valence-electron chi connectivity index (χ3n) is 4.59. The van der Waals surface area contributed by atoms with E-state index in [1.165, 1.54) is 42.4 Å². The highest BCUT2D eigenvalue weighted by Gasteiger charge is 2.24. The van der Waals surface area contributed by atoms with E-state index in [0.29, 0.717) is 11.8 Å². The number of phenols is 1. The number of nitrogens with zero attached hydrogens (tertiary/aromatic N) is 1. The summed E-state index contributed by atoms with van der Waals surface area (Å²) in [4.78, 5) is 2.62. The van der Waals surface area contributed by atoms with Crippen LogP contribution in [0.25, 0.3) is 0 Å². The van der Waals surface area contributed by atoms with E-state index in [0.717, 1.165) is 26.2 Å². The van der Waals surface area contributed by atoms with Gasteiger partial charge >= 0.3 is 0 Å². The molecule has 5 heteroatoms. The van der Waals surface area contributed by atoms with Crippen LogP contribution in [0.3, 0.4) is 0 Å². The molecule has 0 amide bonds. The van der Waals surface area contributed by atoms with Gasteiger partial charge < -0.3 is 10.4 Å². The van der Waals surface area contributed by atoms with Crippen LogP contribution in [0.2, 0.25) is 0 Å². The van der Waals surface area contributed by atoms with Crippen molar-refractivity contribution in [3.8, 4) is 5.75 Å². The second-order valence-electron chi connectivity index (χ2n) is 6.29. The zero-order valence-electron chi connectivity index (χ0n) is 14.6. The van der Waals surface area contributed by atoms with E-state index in [4.69, 9.17) is 0 Å². The van der Waals surface area contributed by atoms with Crippen molar-refractivity contribution in [1.82, 2.24) is 10.2 Å². The number of halogens is 2. The highest BCUT2D eigenvalue weighted by atomic mass is 35.5. The van der Waals surface area contributed by atoms with Crippen molar-refractivity contribution in [3.63, 3.8) is 0 Å². The molecule has 1 atom stereocenters. The molecule has 0 aliphatic carbocycles. The van der Waals surface area contributed by atoms with Gasteiger partial charge in [0.1, 0.15) is 5.75 Å². The summed E-state index contributed by atoms with van der Waals surface area (Å²) in [6, 6.07) is 4.33. The molecule has 1 heterocycles. The first-order valence-corrected chi connectivity index (χ1v) is 8.38. The van der Waals surface area contributed by atoms with Gasteiger partial charge in [0, 0.05) is 32.2 Å². The molecule has 0 radical (unpaired) electrons. The maximum atomic E-state index is 9.80. The van der Waals surface area contributed by atoms with E-state index < -0.39 is 0 Å². The van der Waals surface area contributed by atoms with Crippen molar-refractivity contribution in [2.75, 3.05) is 26.2 Å². The Morgan fingerprint density at radius 1 is 1.09 bits per heavy atom. The molecule has 3 nitrogen and oxygen atoms in total. The summed E-state index contributed by atoms with van der Waals surface area (Å²) in [6.45, 7) is 10.9. The van der Waals surface area contributed by atoms with Crippen LogP contribution < -0.4 is 5.32 Å². The van der Waals surface area contributed by atoms with Crippen molar-refractivity contribution in [3.05, 3.63) is 28.8 Å². The first-order valence-electron chi connectivity index (χ1n) is 8.38. The number of rotatable bonds is 6. The highest BCUT2D eigenvalue weighted by Crippen LogP contribution is 2.33. The van der Waals surface area contributed by atoms with Gasteiger partial charge in [-0.2, -0.15) is 0 Å². The minimum absolute atomic E-state index is 0. The third-order valence-corrected chi connectivity index (χ3v) is 4.59. The Hall–Kier alpha value is -0.480. The Morgan fingerprint density at radius 3 is 2.17 bits per heavy atom. The van der Waals surface area contributed by atoms with Gasteiger partial charge in [-0.05, 0) is 49.1 Å². The third kappa shape index (κ3) is 6.15. The maximum Gasteiger partial charge on any atom is 0.116 e. The minimum Gasteiger partial charge on any atom is -0.508 e. The van der Waals surface area contributed by atoms with E-state index in [-0.39, 0.29) is 24.8 Å². The number of hydrogen-bond acceptors (Lipinski definition) is 3. The zero-order chi connectivity index (χ0) is 15.2. The van der Waals surface area contributed by atoms with Crippen LogP contribution >= 0.6 is 24.8 Å². The topological polar surface area (TPSA) is 35.5 Å². The Kier molecular flexibility index (Phi) is 10.9. The molecular weight excluding hydrogens is 331 g/mol. The molecule has 0 aromatic heterocycles. The SMILES string of the molecule is CCCCC[C@@H](c1c(C)cc(O)cc1C)N1CCNCC1.Cl.Cl. The van der Waals surface area contributed by atoms with Crippen molar-refractivity contribution in [2.24, 2.45) is 0 Å². The molecule has 1 aromatic carbocycles. The standard InChI is InChI=1S/C18H30N2O.2ClH/c1-4-5-6-7-17(20-10-8-19-9-11-20)18-14(2)12-16(21)13-15(18)3;;/h12-13,17,19,21H,4-11H2,1-3H3;2*1H/t17-;;/m0../s1. The molecule has 1 aliphatic heterocycles. The molecule has 134 valence electrons. The Balaban J connectivity index is 0.00000242. The number of aryl methyl sites for hydroxylation is 2. The summed E-state index contributed by atoms with van der Waals surface area (Å²) >= 11 is 0. The molecule has 1 saturated heterocycles. The van der Waals surface area contributed by atoms with E-state index >= 15 is 0 Å². The van der Waals surface area contributed by atoms with Crippen LogP contribution in [0.5, 0.6) is 5.75 Å². The van der Waals surface area contributed by atoms with Crippen LogP contribution in [-0.2, 0) is 0 Å². The smallest absolute Gasteiger partial charge is 0.116 e. The summed E-state index contributed by atoms with van der Waals surface area (Å²) in [5.41, 5.74) is 3.89. The highest BCUT2D eigenvalue weighted by molar-refractivity contribution is 5.85. The number of nitrogens with one attached hydrogen (secondary N) is 1. The first kappa shape index (κ1) is 22.5. The summed E-state index contributed by atoms with van der Waals surface area (Å²) in [5, 5.41) is 13.2. The number of aromatic hydroxyl groups is 1. The predicted octanol–water partition coefficient (Wildman–Crippen LogP) is 4.38. The molecular formula is C18H32Cl2N2O. The molecule has 0 unspecified atom stereocenters. The fourth-order valence-electron chi connectivity index (χ4n) is 3.57. The largest absolute Gasteiger partial charge is 0.508 e. The normalized spacial score (nSPS) is 16.3. The zero-order valence-corrected chi connectivity index (χ0v) is 16.2. The average molecular weight is 363 g/mol. The van der Waals surface area contributed by atoms with Crippen LogP contribution in [0.15, 0.2) is 12.1 Å². The Labute approximate surface area is 153 Å². The van der Waals surface area contributed by atoms with Gasteiger partial charge in [0.2, 0.25) is 0 Å². The van der Waals surface area contributed by atoms with Crippen LogP contribution in [-0.4, -0.2) is 36.2 Å². The number of benzene rings is 1. The lowest BCUT2D eigenvalue weighted by Gasteiger charge is -2.37. The van der Waals surface area contributed by atoms with E-state index in [1.54, 1.807) is 0 Å². The molecule has 23 heavy (non-hydrogen) atoms. The molecule has 2 rings (SSSR count). The monoisotopic (exact) mass is 362 g/mol. The van der Waals surface area contributed by atoms with Gasteiger partial charge in [-0.3, -0.25) is 4.90 Å². The van der Waals surface area contributed by atoms with Crippen LogP contribution in [0.1, 0.15) is 55.3 Å². The average Bonchev–Trinajstić information content (AvgIpc) is 2.45. The van der Waals surface area contributed by atoms with Crippen molar-refractivity contribution < 1.29 is 5.11 Å². The molecule has 0 bridgehead atoms. The molecule has 2 N–H and O–H groups in total. The Morgan fingerprint density at radius 2 is 1.65 bits per heavy atom. The fourth-order valence-corrected chi connectivity index (χ4v) is 3.57. The van der Waals surface area contributed by atoms with Crippen LogP contribution in [0.4, 0.5) is 0 Å². The van der Waals surface area contributed by atoms with Crippen molar-refractivity contribution >= 4 is 24.8 Å². The number of hydrogen-bond donors (Lipinski definition) is 2. The van der Waals surface area contributed by atoms with Crippen LogP contribution in [0, 0.1) is 13.8 Å². The quantitative estimate of drug-likeness (QED) is 0.737. The second kappa shape index (κ2) is 11.1. The van der Waals surface area contributed by atoms with Gasteiger partial charge in [0.25, 0.3) is 0 Å². The molecule has 0 saturated carbocycles. The summed E-state index contributed by atoms with van der Waals surface area (Å²) in [7, 11) is 0. The van der Waals surface area contributed by atoms with Gasteiger partial charge in [0.15, 0.2) is 0 Å². The number of phenolic OH excluding ortho intramolecular Hbond substituents is 1. The van der Waals surface area contributed by atoms with E-state index in [1.807, 2.05) is 12.1 Å². The van der Waals surface area contributed by atoms with Gasteiger partial charge in [0.05, 0.1) is 0 Å². The molecule has 1 aliphatic rings. The predicted molar refractivity (Wildman–Crippen MR) is 103 cm³/mol. The molecule has 1 fully saturated rings. The summed E-state index contributed by atoms with van der Waals surface area (Å²) in [5.74, 6) is 0.390. The summed E-state index contributed by atoms with van der Waals surface area (Å²) < 4.78 is 0. The Bertz CT molecular complexity index is 439. The van der Waals surface area contributed by atoms with E-state index in [9.17, 15) is 5.11 Å². The van der Waals surface area contributed by atoms with E-state index in [2.05, 4.69) is 31.0 Å². The molecule has 0 spiro atoms. The fraction of sp³-hybridized carbons (Fsp3) is 0.667. The lowest BCUT2D eigenvalue weighted by atomic mass is 9.90. The van der Waals surface area contributed by atoms with Gasteiger partial charge in [-0.25, -0.2) is 0 Å². The molecule has 1 aromatic rings. The minimum atomic E-state index is 0. The second-order valence-corrected chi connectivity index (χ2v) is 6.29. The van der Waals surface area contributed by atoms with Crippen molar-refractivity contribution in [1.29, 1.82) is 0 Å². The first-order chi connectivity index (χ1) is 10.1. The van der Waals surface area contributed by atoms with Crippen molar-refractivity contribution in [2.45, 2.75) is 52.5 Å². The lowest BCUT2D eigenvalue weighted by Crippen LogP contribution is -2.45. The summed E-state index contributed by atoms with van der Waals surface area (Å²) in [6.07, 6.45) is 5.08. The van der Waals surface area contributed by atoms with Gasteiger partial charge in [-0.1, -0.05) is 26.2 Å².